The summed E-state index contributed by atoms with van der Waals surface area (Å²) in [7, 11) is 1.74. The van der Waals surface area contributed by atoms with Gasteiger partial charge in [-0.2, -0.15) is 0 Å². The van der Waals surface area contributed by atoms with Gasteiger partial charge in [0.05, 0.1) is 7.11 Å². The minimum atomic E-state index is 0.546. The van der Waals surface area contributed by atoms with Gasteiger partial charge in [-0.05, 0) is 47.7 Å². The molecule has 2 N–H and O–H groups in total. The number of methoxy groups -OCH3 is 1. The molecule has 0 bridgehead atoms. The monoisotopic (exact) mass is 227 g/mol. The molecule has 0 aromatic heterocycles. The zero-order valence-electron chi connectivity index (χ0n) is 10.1. The molecule has 0 amide bonds. The Morgan fingerprint density at radius 2 is 2.12 bits per heavy atom. The maximum atomic E-state index is 5.84. The smallest absolute Gasteiger partial charge is 0.122 e. The first-order valence-electron chi connectivity index (χ1n) is 6.11. The zero-order valence-corrected chi connectivity index (χ0v) is 10.1. The van der Waals surface area contributed by atoms with Gasteiger partial charge in [0, 0.05) is 5.56 Å². The van der Waals surface area contributed by atoms with Gasteiger partial charge in [0.15, 0.2) is 0 Å². The Hall–Kier alpha value is -1.54. The van der Waals surface area contributed by atoms with Crippen molar-refractivity contribution in [2.24, 2.45) is 11.7 Å². The molecule has 0 aliphatic heterocycles. The molecule has 2 aromatic rings. The molecule has 88 valence electrons. The molecule has 1 aliphatic carbocycles. The van der Waals surface area contributed by atoms with E-state index in [-0.39, 0.29) is 0 Å². The number of hydrogen-bond acceptors (Lipinski definition) is 2. The molecule has 0 saturated carbocycles. The maximum Gasteiger partial charge on any atom is 0.122 e. The molecule has 0 radical (unpaired) electrons. The largest absolute Gasteiger partial charge is 0.496 e. The van der Waals surface area contributed by atoms with Gasteiger partial charge in [-0.1, -0.05) is 24.3 Å². The first-order valence-corrected chi connectivity index (χ1v) is 6.11. The number of nitrogens with two attached hydrogens (primary N) is 1. The van der Waals surface area contributed by atoms with Crippen molar-refractivity contribution in [2.75, 3.05) is 13.7 Å². The third-order valence-electron chi connectivity index (χ3n) is 3.75. The molecule has 17 heavy (non-hydrogen) atoms. The average Bonchev–Trinajstić information content (AvgIpc) is 2.39. The van der Waals surface area contributed by atoms with Gasteiger partial charge in [-0.25, -0.2) is 0 Å². The number of benzene rings is 2. The fraction of sp³-hybridized carbons (Fsp3) is 0.333. The summed E-state index contributed by atoms with van der Waals surface area (Å²) in [6.07, 6.45) is 2.13. The molecular formula is C15H17NO. The van der Waals surface area contributed by atoms with Crippen LogP contribution in [0.5, 0.6) is 5.75 Å². The molecule has 3 rings (SSSR count). The van der Waals surface area contributed by atoms with Crippen LogP contribution in [0.4, 0.5) is 0 Å². The lowest BCUT2D eigenvalue weighted by Crippen LogP contribution is -2.23. The van der Waals surface area contributed by atoms with Crippen molar-refractivity contribution in [3.63, 3.8) is 0 Å². The highest BCUT2D eigenvalue weighted by atomic mass is 16.5. The second-order valence-electron chi connectivity index (χ2n) is 4.77. The number of ether oxygens (including phenoxy) is 1. The van der Waals surface area contributed by atoms with Gasteiger partial charge in [-0.15, -0.1) is 0 Å². The van der Waals surface area contributed by atoms with E-state index in [0.29, 0.717) is 5.92 Å². The molecular weight excluding hydrogens is 210 g/mol. The van der Waals surface area contributed by atoms with Crippen molar-refractivity contribution >= 4 is 10.8 Å². The van der Waals surface area contributed by atoms with Gasteiger partial charge in [0.25, 0.3) is 0 Å². The van der Waals surface area contributed by atoms with E-state index in [4.69, 9.17) is 10.5 Å². The van der Waals surface area contributed by atoms with Crippen molar-refractivity contribution in [3.05, 3.63) is 41.5 Å². The molecule has 1 atom stereocenters. The van der Waals surface area contributed by atoms with Gasteiger partial charge in [0.1, 0.15) is 5.75 Å². The summed E-state index contributed by atoms with van der Waals surface area (Å²) in [5, 5.41) is 2.70. The first-order chi connectivity index (χ1) is 8.33. The summed E-state index contributed by atoms with van der Waals surface area (Å²) in [6, 6.07) is 10.7. The van der Waals surface area contributed by atoms with Crippen molar-refractivity contribution in [1.29, 1.82) is 0 Å². The van der Waals surface area contributed by atoms with Crippen molar-refractivity contribution in [3.8, 4) is 5.75 Å². The van der Waals surface area contributed by atoms with Crippen LogP contribution in [0, 0.1) is 5.92 Å². The van der Waals surface area contributed by atoms with Crippen molar-refractivity contribution < 1.29 is 4.74 Å². The van der Waals surface area contributed by atoms with Gasteiger partial charge < -0.3 is 10.5 Å². The lowest BCUT2D eigenvalue weighted by atomic mass is 9.81. The lowest BCUT2D eigenvalue weighted by molar-refractivity contribution is 0.403. The van der Waals surface area contributed by atoms with E-state index in [1.165, 1.54) is 21.9 Å². The normalized spacial score (nSPS) is 18.4. The highest BCUT2D eigenvalue weighted by Crippen LogP contribution is 2.37. The predicted molar refractivity (Wildman–Crippen MR) is 70.5 cm³/mol. The summed E-state index contributed by atoms with van der Waals surface area (Å²) in [6.45, 7) is 0.744. The third-order valence-corrected chi connectivity index (χ3v) is 3.75. The maximum absolute atomic E-state index is 5.84. The summed E-state index contributed by atoms with van der Waals surface area (Å²) < 4.78 is 5.49. The molecule has 1 unspecified atom stereocenters. The van der Waals surface area contributed by atoms with Gasteiger partial charge in [0.2, 0.25) is 0 Å². The molecule has 0 fully saturated rings. The Balaban J connectivity index is 2.29. The summed E-state index contributed by atoms with van der Waals surface area (Å²) >= 11 is 0. The topological polar surface area (TPSA) is 35.2 Å². The second-order valence-corrected chi connectivity index (χ2v) is 4.77. The van der Waals surface area contributed by atoms with Gasteiger partial charge in [-0.3, -0.25) is 0 Å². The minimum absolute atomic E-state index is 0.546. The van der Waals surface area contributed by atoms with Crippen molar-refractivity contribution in [1.82, 2.24) is 0 Å². The van der Waals surface area contributed by atoms with Crippen LogP contribution in [0.1, 0.15) is 11.1 Å². The van der Waals surface area contributed by atoms with Crippen LogP contribution in [-0.2, 0) is 12.8 Å². The quantitative estimate of drug-likeness (QED) is 0.855. The highest BCUT2D eigenvalue weighted by molar-refractivity contribution is 5.91. The molecule has 2 aromatic carbocycles. The SMILES string of the molecule is COc1ccc2cccc3c2c1CC(CN)C3. The van der Waals surface area contributed by atoms with Crippen LogP contribution in [0.25, 0.3) is 10.8 Å². The fourth-order valence-electron chi connectivity index (χ4n) is 2.92. The molecule has 0 spiro atoms. The second kappa shape index (κ2) is 4.04. The molecule has 0 heterocycles. The van der Waals surface area contributed by atoms with Crippen LogP contribution in [0.3, 0.4) is 0 Å². The summed E-state index contributed by atoms with van der Waals surface area (Å²) in [5.41, 5.74) is 8.59. The van der Waals surface area contributed by atoms with E-state index in [1.54, 1.807) is 7.11 Å². The van der Waals surface area contributed by atoms with E-state index in [1.807, 2.05) is 0 Å². The summed E-state index contributed by atoms with van der Waals surface area (Å²) in [4.78, 5) is 0. The first kappa shape index (κ1) is 10.6. The molecule has 2 nitrogen and oxygen atoms in total. The molecule has 1 aliphatic rings. The molecule has 0 saturated heterocycles. The van der Waals surface area contributed by atoms with E-state index in [2.05, 4.69) is 30.3 Å². The van der Waals surface area contributed by atoms with Crippen LogP contribution in [0.15, 0.2) is 30.3 Å². The number of rotatable bonds is 2. The van der Waals surface area contributed by atoms with Crippen LogP contribution in [-0.4, -0.2) is 13.7 Å². The highest BCUT2D eigenvalue weighted by Gasteiger charge is 2.22. The Labute approximate surface area is 101 Å². The fourth-order valence-corrected chi connectivity index (χ4v) is 2.92. The standard InChI is InChI=1S/C15H17NO/c1-17-14-6-5-11-3-2-4-12-7-10(9-16)8-13(14)15(11)12/h2-6,10H,7-9,16H2,1H3. The Morgan fingerprint density at radius 3 is 2.88 bits per heavy atom. The Kier molecular flexibility index (Phi) is 2.52. The van der Waals surface area contributed by atoms with E-state index >= 15 is 0 Å². The Bertz CT molecular complexity index is 562. The van der Waals surface area contributed by atoms with E-state index < -0.39 is 0 Å². The zero-order chi connectivity index (χ0) is 11.8. The lowest BCUT2D eigenvalue weighted by Gasteiger charge is -2.25. The summed E-state index contributed by atoms with van der Waals surface area (Å²) in [5.74, 6) is 1.55. The third kappa shape index (κ3) is 1.60. The Morgan fingerprint density at radius 1 is 1.24 bits per heavy atom. The predicted octanol–water partition coefficient (Wildman–Crippen LogP) is 2.52. The van der Waals surface area contributed by atoms with Crippen molar-refractivity contribution in [2.45, 2.75) is 12.8 Å². The molecule has 2 heteroatoms. The van der Waals surface area contributed by atoms with Crippen LogP contribution >= 0.6 is 0 Å². The van der Waals surface area contributed by atoms with Gasteiger partial charge >= 0.3 is 0 Å². The number of hydrogen-bond donors (Lipinski definition) is 1. The van der Waals surface area contributed by atoms with E-state index in [9.17, 15) is 0 Å². The minimum Gasteiger partial charge on any atom is -0.496 e. The van der Waals surface area contributed by atoms with E-state index in [0.717, 1.165) is 25.1 Å². The average molecular weight is 227 g/mol. The van der Waals surface area contributed by atoms with Crippen LogP contribution in [0.2, 0.25) is 0 Å². The van der Waals surface area contributed by atoms with Crippen LogP contribution < -0.4 is 10.5 Å².